The molecule has 176 valence electrons. The molecule has 3 rings (SSSR count). The molecule has 1 aliphatic heterocycles. The van der Waals surface area contributed by atoms with E-state index in [-0.39, 0.29) is 36.7 Å². The number of ether oxygens (including phenoxy) is 2. The molecule has 7 nitrogen and oxygen atoms in total. The van der Waals surface area contributed by atoms with E-state index in [1.165, 1.54) is 7.11 Å². The van der Waals surface area contributed by atoms with Crippen molar-refractivity contribution in [3.63, 3.8) is 0 Å². The monoisotopic (exact) mass is 452 g/mol. The Morgan fingerprint density at radius 3 is 2.36 bits per heavy atom. The SMILES string of the molecule is CCOC(=O)C1CCN(C(=O)Cc2cccc(N(Cc3ccccc3)C(=O)COC)c2)CC1. The van der Waals surface area contributed by atoms with Crippen LogP contribution in [-0.4, -0.2) is 56.1 Å². The first-order valence-corrected chi connectivity index (χ1v) is 11.4. The zero-order valence-electron chi connectivity index (χ0n) is 19.4. The van der Waals surface area contributed by atoms with Crippen molar-refractivity contribution < 1.29 is 23.9 Å². The topological polar surface area (TPSA) is 76.2 Å². The Balaban J connectivity index is 1.66. The summed E-state index contributed by atoms with van der Waals surface area (Å²) in [4.78, 5) is 41.1. The summed E-state index contributed by atoms with van der Waals surface area (Å²) in [5, 5.41) is 0. The van der Waals surface area contributed by atoms with Gasteiger partial charge in [0.15, 0.2) is 0 Å². The van der Waals surface area contributed by atoms with Crippen molar-refractivity contribution >= 4 is 23.5 Å². The van der Waals surface area contributed by atoms with Crippen LogP contribution in [0.25, 0.3) is 0 Å². The van der Waals surface area contributed by atoms with Crippen LogP contribution >= 0.6 is 0 Å². The van der Waals surface area contributed by atoms with Gasteiger partial charge in [0, 0.05) is 25.9 Å². The van der Waals surface area contributed by atoms with Gasteiger partial charge in [0.25, 0.3) is 5.91 Å². The van der Waals surface area contributed by atoms with Gasteiger partial charge in [-0.3, -0.25) is 14.4 Å². The van der Waals surface area contributed by atoms with Crippen LogP contribution < -0.4 is 4.90 Å². The third kappa shape index (κ3) is 6.89. The predicted octanol–water partition coefficient (Wildman–Crippen LogP) is 3.21. The van der Waals surface area contributed by atoms with Gasteiger partial charge in [-0.25, -0.2) is 0 Å². The molecule has 7 heteroatoms. The highest BCUT2D eigenvalue weighted by atomic mass is 16.5. The Kier molecular flexibility index (Phi) is 9.01. The fourth-order valence-electron chi connectivity index (χ4n) is 4.04. The number of piperidine rings is 1. The lowest BCUT2D eigenvalue weighted by Gasteiger charge is -2.31. The number of hydrogen-bond donors (Lipinski definition) is 0. The van der Waals surface area contributed by atoms with E-state index in [1.807, 2.05) is 54.6 Å². The normalized spacial score (nSPS) is 14.1. The molecule has 1 heterocycles. The van der Waals surface area contributed by atoms with Crippen molar-refractivity contribution in [2.24, 2.45) is 5.92 Å². The van der Waals surface area contributed by atoms with Gasteiger partial charge in [-0.05, 0) is 43.0 Å². The molecule has 1 fully saturated rings. The smallest absolute Gasteiger partial charge is 0.309 e. The molecule has 0 N–H and O–H groups in total. The molecule has 0 atom stereocenters. The van der Waals surface area contributed by atoms with Crippen LogP contribution in [-0.2, 0) is 36.8 Å². The maximum atomic E-state index is 12.9. The summed E-state index contributed by atoms with van der Waals surface area (Å²) in [7, 11) is 1.50. The summed E-state index contributed by atoms with van der Waals surface area (Å²) in [5.41, 5.74) is 2.58. The fourth-order valence-corrected chi connectivity index (χ4v) is 4.04. The Morgan fingerprint density at radius 2 is 1.70 bits per heavy atom. The van der Waals surface area contributed by atoms with E-state index in [1.54, 1.807) is 16.7 Å². The van der Waals surface area contributed by atoms with Gasteiger partial charge in [0.1, 0.15) is 6.61 Å². The average molecular weight is 453 g/mol. The number of rotatable bonds is 9. The molecule has 0 radical (unpaired) electrons. The number of methoxy groups -OCH3 is 1. The maximum absolute atomic E-state index is 12.9. The number of carbonyl (C=O) groups is 3. The van der Waals surface area contributed by atoms with Crippen LogP contribution in [0, 0.1) is 5.92 Å². The van der Waals surface area contributed by atoms with E-state index in [0.29, 0.717) is 39.1 Å². The lowest BCUT2D eigenvalue weighted by molar-refractivity contribution is -0.151. The molecule has 0 aliphatic carbocycles. The number of carbonyl (C=O) groups excluding carboxylic acids is 3. The van der Waals surface area contributed by atoms with Gasteiger partial charge >= 0.3 is 5.97 Å². The summed E-state index contributed by atoms with van der Waals surface area (Å²) in [6.07, 6.45) is 1.50. The van der Waals surface area contributed by atoms with Crippen LogP contribution in [0.1, 0.15) is 30.9 Å². The highest BCUT2D eigenvalue weighted by Gasteiger charge is 2.28. The standard InChI is InChI=1S/C26H32N2O5/c1-3-33-26(31)22-12-14-27(15-13-22)24(29)17-21-10-7-11-23(16-21)28(25(30)19-32-2)18-20-8-5-4-6-9-20/h4-11,16,22H,3,12-15,17-19H2,1-2H3. The van der Waals surface area contributed by atoms with Crippen molar-refractivity contribution in [2.45, 2.75) is 32.7 Å². The summed E-state index contributed by atoms with van der Waals surface area (Å²) < 4.78 is 10.2. The first-order valence-electron chi connectivity index (χ1n) is 11.4. The number of hydrogen-bond acceptors (Lipinski definition) is 5. The Hall–Kier alpha value is -3.19. The maximum Gasteiger partial charge on any atom is 0.309 e. The molecule has 0 aromatic heterocycles. The molecular weight excluding hydrogens is 420 g/mol. The third-order valence-corrected chi connectivity index (χ3v) is 5.80. The predicted molar refractivity (Wildman–Crippen MR) is 126 cm³/mol. The van der Waals surface area contributed by atoms with Crippen LogP contribution in [0.2, 0.25) is 0 Å². The van der Waals surface area contributed by atoms with Gasteiger partial charge < -0.3 is 19.3 Å². The molecule has 2 aromatic rings. The number of anilines is 1. The van der Waals surface area contributed by atoms with Gasteiger partial charge in [0.05, 0.1) is 25.5 Å². The minimum atomic E-state index is -0.170. The molecule has 2 aromatic carbocycles. The molecule has 1 saturated heterocycles. The van der Waals surface area contributed by atoms with Gasteiger partial charge in [-0.2, -0.15) is 0 Å². The second-order valence-electron chi connectivity index (χ2n) is 8.15. The van der Waals surface area contributed by atoms with Crippen LogP contribution in [0.15, 0.2) is 54.6 Å². The first kappa shape index (κ1) is 24.5. The average Bonchev–Trinajstić information content (AvgIpc) is 2.83. The van der Waals surface area contributed by atoms with Gasteiger partial charge in [-0.15, -0.1) is 0 Å². The number of amides is 2. The second-order valence-corrected chi connectivity index (χ2v) is 8.15. The van der Waals surface area contributed by atoms with E-state index < -0.39 is 0 Å². The van der Waals surface area contributed by atoms with E-state index in [2.05, 4.69) is 0 Å². The molecule has 0 unspecified atom stereocenters. The van der Waals surface area contributed by atoms with Crippen molar-refractivity contribution in [2.75, 3.05) is 38.3 Å². The second kappa shape index (κ2) is 12.2. The van der Waals surface area contributed by atoms with Crippen LogP contribution in [0.5, 0.6) is 0 Å². The van der Waals surface area contributed by atoms with Gasteiger partial charge in [-0.1, -0.05) is 42.5 Å². The first-order chi connectivity index (χ1) is 16.0. The van der Waals surface area contributed by atoms with Crippen molar-refractivity contribution in [1.29, 1.82) is 0 Å². The Bertz CT molecular complexity index is 939. The molecule has 2 amide bonds. The van der Waals surface area contributed by atoms with Crippen molar-refractivity contribution in [1.82, 2.24) is 4.90 Å². The van der Waals surface area contributed by atoms with Crippen LogP contribution in [0.3, 0.4) is 0 Å². The molecule has 0 bridgehead atoms. The largest absolute Gasteiger partial charge is 0.466 e. The lowest BCUT2D eigenvalue weighted by atomic mass is 9.96. The number of esters is 1. The summed E-state index contributed by atoms with van der Waals surface area (Å²) in [5.74, 6) is -0.426. The Labute approximate surface area is 195 Å². The number of nitrogens with zero attached hydrogens (tertiary/aromatic N) is 2. The highest BCUT2D eigenvalue weighted by molar-refractivity contribution is 5.94. The van der Waals surface area contributed by atoms with E-state index in [9.17, 15) is 14.4 Å². The lowest BCUT2D eigenvalue weighted by Crippen LogP contribution is -2.41. The van der Waals surface area contributed by atoms with E-state index in [0.717, 1.165) is 16.8 Å². The number of benzene rings is 2. The third-order valence-electron chi connectivity index (χ3n) is 5.80. The highest BCUT2D eigenvalue weighted by Crippen LogP contribution is 2.22. The molecule has 1 aliphatic rings. The van der Waals surface area contributed by atoms with E-state index in [4.69, 9.17) is 9.47 Å². The molecule has 0 spiro atoms. The van der Waals surface area contributed by atoms with Gasteiger partial charge in [0.2, 0.25) is 5.91 Å². The van der Waals surface area contributed by atoms with Crippen molar-refractivity contribution in [3.8, 4) is 0 Å². The summed E-state index contributed by atoms with van der Waals surface area (Å²) >= 11 is 0. The molecular formula is C26H32N2O5. The quantitative estimate of drug-likeness (QED) is 0.546. The molecule has 0 saturated carbocycles. The zero-order valence-corrected chi connectivity index (χ0v) is 19.4. The van der Waals surface area contributed by atoms with E-state index >= 15 is 0 Å². The summed E-state index contributed by atoms with van der Waals surface area (Å²) in [6, 6.07) is 17.3. The van der Waals surface area contributed by atoms with Crippen LogP contribution in [0.4, 0.5) is 5.69 Å². The fraction of sp³-hybridized carbons (Fsp3) is 0.423. The Morgan fingerprint density at radius 1 is 1.00 bits per heavy atom. The van der Waals surface area contributed by atoms with Crippen molar-refractivity contribution in [3.05, 3.63) is 65.7 Å². The summed E-state index contributed by atoms with van der Waals surface area (Å²) in [6.45, 7) is 3.67. The number of likely N-dealkylation sites (tertiary alicyclic amines) is 1. The minimum absolute atomic E-state index is 0.0206. The minimum Gasteiger partial charge on any atom is -0.466 e. The zero-order chi connectivity index (χ0) is 23.6. The molecule has 33 heavy (non-hydrogen) atoms.